The molecule has 4 nitrogen and oxygen atoms in total. The van der Waals surface area contributed by atoms with Crippen molar-refractivity contribution in [2.45, 2.75) is 0 Å². The van der Waals surface area contributed by atoms with Gasteiger partial charge in [0.1, 0.15) is 0 Å². The molecular formula is C14H10MoO4. The maximum Gasteiger partial charge on any atom is 2.00 e. The van der Waals surface area contributed by atoms with Crippen LogP contribution in [0.2, 0.25) is 0 Å². The molecule has 2 aromatic carbocycles. The van der Waals surface area contributed by atoms with Crippen molar-refractivity contribution in [3.05, 3.63) is 71.8 Å². The molecule has 0 aromatic heterocycles. The van der Waals surface area contributed by atoms with Gasteiger partial charge in [0.15, 0.2) is 0 Å². The van der Waals surface area contributed by atoms with Crippen molar-refractivity contribution in [1.29, 1.82) is 0 Å². The first kappa shape index (κ1) is 17.1. The van der Waals surface area contributed by atoms with Gasteiger partial charge >= 0.3 is 21.1 Å². The number of carboxylic acid groups (broad SMARTS) is 2. The second-order valence-corrected chi connectivity index (χ2v) is 3.31. The van der Waals surface area contributed by atoms with Gasteiger partial charge in [-0.1, -0.05) is 60.7 Å². The van der Waals surface area contributed by atoms with Gasteiger partial charge in [-0.05, 0) is 11.1 Å². The van der Waals surface area contributed by atoms with Gasteiger partial charge in [-0.3, -0.25) is 0 Å². The van der Waals surface area contributed by atoms with E-state index < -0.39 is 11.9 Å². The van der Waals surface area contributed by atoms with E-state index >= 15 is 0 Å². The summed E-state index contributed by atoms with van der Waals surface area (Å²) in [5, 5.41) is 20.2. The first-order valence-corrected chi connectivity index (χ1v) is 5.14. The molecule has 0 amide bonds. The summed E-state index contributed by atoms with van der Waals surface area (Å²) in [5.41, 5.74) is 0.440. The van der Waals surface area contributed by atoms with Crippen LogP contribution < -0.4 is 10.2 Å². The summed E-state index contributed by atoms with van der Waals surface area (Å²) in [6.07, 6.45) is 0. The fourth-order valence-electron chi connectivity index (χ4n) is 1.15. The van der Waals surface area contributed by atoms with Crippen LogP contribution >= 0.6 is 0 Å². The standard InChI is InChI=1S/2C7H6O2.Mo/c2*8-7(9)6-4-2-1-3-5-6;/h2*1-5H,(H,8,9);/q;;+2/p-2. The quantitative estimate of drug-likeness (QED) is 0.728. The van der Waals surface area contributed by atoms with E-state index in [1.807, 2.05) is 0 Å². The Morgan fingerprint density at radius 1 is 0.632 bits per heavy atom. The van der Waals surface area contributed by atoms with Crippen molar-refractivity contribution in [1.82, 2.24) is 0 Å². The van der Waals surface area contributed by atoms with Gasteiger partial charge in [0, 0.05) is 0 Å². The average molecular weight is 338 g/mol. The summed E-state index contributed by atoms with van der Waals surface area (Å²) in [5.74, 6) is -2.26. The molecule has 96 valence electrons. The predicted molar refractivity (Wildman–Crippen MR) is 61.5 cm³/mol. The Hall–Kier alpha value is -1.93. The van der Waals surface area contributed by atoms with Crippen LogP contribution in [-0.4, -0.2) is 11.9 Å². The monoisotopic (exact) mass is 340 g/mol. The molecule has 0 bridgehead atoms. The van der Waals surface area contributed by atoms with Crippen molar-refractivity contribution >= 4 is 11.9 Å². The van der Waals surface area contributed by atoms with E-state index in [2.05, 4.69) is 0 Å². The predicted octanol–water partition coefficient (Wildman–Crippen LogP) is 0.0977. The Kier molecular flexibility index (Phi) is 8.14. The molecule has 2 rings (SSSR count). The van der Waals surface area contributed by atoms with Crippen LogP contribution in [0.25, 0.3) is 0 Å². The van der Waals surface area contributed by atoms with Crippen LogP contribution in [0, 0.1) is 0 Å². The molecule has 0 aliphatic carbocycles. The third-order valence-corrected chi connectivity index (χ3v) is 2.02. The third kappa shape index (κ3) is 6.53. The molecule has 0 saturated heterocycles. The molecule has 0 saturated carbocycles. The summed E-state index contributed by atoms with van der Waals surface area (Å²) in [6.45, 7) is 0. The summed E-state index contributed by atoms with van der Waals surface area (Å²) in [7, 11) is 0. The summed E-state index contributed by atoms with van der Waals surface area (Å²) >= 11 is 0. The van der Waals surface area contributed by atoms with Crippen molar-refractivity contribution in [2.75, 3.05) is 0 Å². The maximum atomic E-state index is 10.1. The summed E-state index contributed by atoms with van der Waals surface area (Å²) in [4.78, 5) is 20.2. The van der Waals surface area contributed by atoms with Crippen molar-refractivity contribution < 1.29 is 40.9 Å². The summed E-state index contributed by atoms with van der Waals surface area (Å²) in [6, 6.07) is 16.1. The van der Waals surface area contributed by atoms with Crippen LogP contribution in [0.4, 0.5) is 0 Å². The zero-order valence-corrected chi connectivity index (χ0v) is 11.8. The Morgan fingerprint density at radius 2 is 0.895 bits per heavy atom. The zero-order chi connectivity index (χ0) is 13.4. The SMILES string of the molecule is O=C([O-])c1ccccc1.O=C([O-])c1ccccc1.[Mo+2]. The molecule has 0 aliphatic rings. The van der Waals surface area contributed by atoms with E-state index in [9.17, 15) is 19.8 Å². The van der Waals surface area contributed by atoms with E-state index in [4.69, 9.17) is 0 Å². The number of aromatic carboxylic acids is 2. The van der Waals surface area contributed by atoms with Crippen LogP contribution in [-0.2, 0) is 21.1 Å². The third-order valence-electron chi connectivity index (χ3n) is 2.02. The number of hydrogen-bond acceptors (Lipinski definition) is 4. The molecule has 0 aliphatic heterocycles. The smallest absolute Gasteiger partial charge is 0.545 e. The van der Waals surface area contributed by atoms with Crippen molar-refractivity contribution in [3.63, 3.8) is 0 Å². The van der Waals surface area contributed by atoms with Gasteiger partial charge in [-0.2, -0.15) is 0 Å². The normalized spacial score (nSPS) is 8.42. The minimum absolute atomic E-state index is 0. The van der Waals surface area contributed by atoms with Gasteiger partial charge in [-0.15, -0.1) is 0 Å². The number of carbonyl (C=O) groups is 2. The van der Waals surface area contributed by atoms with E-state index in [-0.39, 0.29) is 32.2 Å². The Labute approximate surface area is 125 Å². The van der Waals surface area contributed by atoms with E-state index in [1.54, 1.807) is 36.4 Å². The van der Waals surface area contributed by atoms with Crippen LogP contribution in [0.5, 0.6) is 0 Å². The number of hydrogen-bond donors (Lipinski definition) is 0. The fourth-order valence-corrected chi connectivity index (χ4v) is 1.15. The summed E-state index contributed by atoms with van der Waals surface area (Å²) < 4.78 is 0. The van der Waals surface area contributed by atoms with E-state index in [0.29, 0.717) is 0 Å². The number of carboxylic acids is 2. The van der Waals surface area contributed by atoms with E-state index in [1.165, 1.54) is 24.3 Å². The second kappa shape index (κ2) is 9.06. The number of rotatable bonds is 2. The molecule has 0 unspecified atom stereocenters. The van der Waals surface area contributed by atoms with Crippen molar-refractivity contribution in [3.8, 4) is 0 Å². The largest absolute Gasteiger partial charge is 2.00 e. The minimum atomic E-state index is -1.13. The molecule has 5 heteroatoms. The molecule has 0 N–H and O–H groups in total. The van der Waals surface area contributed by atoms with Crippen LogP contribution in [0.1, 0.15) is 20.7 Å². The topological polar surface area (TPSA) is 80.3 Å². The first-order chi connectivity index (χ1) is 8.61. The van der Waals surface area contributed by atoms with Gasteiger partial charge in [0.25, 0.3) is 0 Å². The number of carbonyl (C=O) groups excluding carboxylic acids is 2. The molecular weight excluding hydrogens is 328 g/mol. The molecule has 0 radical (unpaired) electrons. The molecule has 0 atom stereocenters. The molecule has 0 fully saturated rings. The average Bonchev–Trinajstić information content (AvgIpc) is 2.41. The second-order valence-electron chi connectivity index (χ2n) is 3.31. The molecule has 0 heterocycles. The minimum Gasteiger partial charge on any atom is -0.545 e. The maximum absolute atomic E-state index is 10.1. The molecule has 0 spiro atoms. The van der Waals surface area contributed by atoms with Crippen molar-refractivity contribution in [2.24, 2.45) is 0 Å². The van der Waals surface area contributed by atoms with Crippen LogP contribution in [0.3, 0.4) is 0 Å². The Bertz CT molecular complexity index is 462. The Balaban J connectivity index is 0.000000324. The van der Waals surface area contributed by atoms with E-state index in [0.717, 1.165) is 0 Å². The zero-order valence-electron chi connectivity index (χ0n) is 9.81. The van der Waals surface area contributed by atoms with Gasteiger partial charge in [-0.25, -0.2) is 0 Å². The van der Waals surface area contributed by atoms with Crippen LogP contribution in [0.15, 0.2) is 60.7 Å². The van der Waals surface area contributed by atoms with Gasteiger partial charge < -0.3 is 19.8 Å². The molecule has 2 aromatic rings. The van der Waals surface area contributed by atoms with Gasteiger partial charge in [0.2, 0.25) is 0 Å². The molecule has 19 heavy (non-hydrogen) atoms. The van der Waals surface area contributed by atoms with Gasteiger partial charge in [0.05, 0.1) is 11.9 Å². The first-order valence-electron chi connectivity index (χ1n) is 5.14. The Morgan fingerprint density at radius 3 is 1.05 bits per heavy atom. The number of benzene rings is 2. The fraction of sp³-hybridized carbons (Fsp3) is 0.